The molecule has 102 heavy (non-hydrogen) atoms. The number of nitrogens with zero attached hydrogens (tertiary/aromatic N) is 8. The zero-order valence-corrected chi connectivity index (χ0v) is 57.3. The summed E-state index contributed by atoms with van der Waals surface area (Å²) in [5, 5.41) is 32.9. The number of aliphatic imine (C=N–C) groups is 2. The number of aromatic nitrogens is 2. The molecule has 0 radical (unpaired) electrons. The lowest BCUT2D eigenvalue weighted by Crippen LogP contribution is -2.12. The smallest absolute Gasteiger partial charge is 0.154 e. The van der Waals surface area contributed by atoms with Crippen molar-refractivity contribution in [3.63, 3.8) is 0 Å². The predicted octanol–water partition coefficient (Wildman–Crippen LogP) is 23.7. The van der Waals surface area contributed by atoms with E-state index in [0.29, 0.717) is 45.6 Å². The number of rotatable bonds is 16. The van der Waals surface area contributed by atoms with Crippen LogP contribution in [-0.2, 0) is 0 Å². The van der Waals surface area contributed by atoms with E-state index in [0.717, 1.165) is 132 Å². The van der Waals surface area contributed by atoms with Gasteiger partial charge in [-0.3, -0.25) is 0 Å². The van der Waals surface area contributed by atoms with Crippen molar-refractivity contribution in [1.29, 1.82) is 10.5 Å². The number of benzene rings is 12. The lowest BCUT2D eigenvalue weighted by atomic mass is 9.93. The molecule has 0 bridgehead atoms. The highest BCUT2D eigenvalue weighted by Crippen LogP contribution is 2.46. The van der Waals surface area contributed by atoms with Crippen LogP contribution in [0, 0.1) is 48.1 Å². The fourth-order valence-corrected chi connectivity index (χ4v) is 14.7. The molecule has 2 aliphatic rings. The number of pyridine rings is 2. The second-order valence-corrected chi connectivity index (χ2v) is 26.6. The second-order valence-electron chi connectivity index (χ2n) is 24.9. The van der Waals surface area contributed by atoms with E-state index in [-0.39, 0.29) is 22.8 Å². The molecule has 2 N–H and O–H groups in total. The monoisotopic (exact) mass is 1360 g/mol. The van der Waals surface area contributed by atoms with Crippen LogP contribution in [0.1, 0.15) is 33.4 Å². The third-order valence-corrected chi connectivity index (χ3v) is 20.4. The van der Waals surface area contributed by atoms with E-state index in [1.807, 2.05) is 172 Å². The molecule has 0 amide bonds. The van der Waals surface area contributed by atoms with E-state index < -0.39 is 0 Å². The minimum Gasteiger partial charge on any atom is -0.339 e. The minimum absolute atomic E-state index is 0.265. The van der Waals surface area contributed by atoms with E-state index in [1.54, 1.807) is 35.7 Å². The van der Waals surface area contributed by atoms with E-state index >= 15 is 8.78 Å². The van der Waals surface area contributed by atoms with E-state index in [1.165, 1.54) is 12.1 Å². The highest BCUT2D eigenvalue weighted by molar-refractivity contribution is 7.98. The molecule has 2 aliphatic heterocycles. The first-order chi connectivity index (χ1) is 50.0. The Labute approximate surface area is 598 Å². The topological polar surface area (TPSA) is 129 Å². The molecule has 488 valence electrons. The summed E-state index contributed by atoms with van der Waals surface area (Å²) in [5.41, 5.74) is 19.4. The first-order valence-electron chi connectivity index (χ1n) is 33.1. The Hall–Kier alpha value is -12.7. The first kappa shape index (κ1) is 64.0. The molecule has 14 aromatic rings. The van der Waals surface area contributed by atoms with Gasteiger partial charge in [0.25, 0.3) is 0 Å². The highest BCUT2D eigenvalue weighted by Gasteiger charge is 2.26. The fraction of sp³-hybridized carbons (Fsp3) is 0.0455. The van der Waals surface area contributed by atoms with E-state index in [2.05, 4.69) is 142 Å². The molecule has 0 aliphatic carbocycles. The minimum atomic E-state index is -0.265. The van der Waals surface area contributed by atoms with Gasteiger partial charge in [0.15, 0.2) is 11.6 Å². The number of halogens is 2. The van der Waals surface area contributed by atoms with Crippen LogP contribution in [-0.4, -0.2) is 34.2 Å². The number of nitrogens with one attached hydrogen (secondary N) is 2. The second kappa shape index (κ2) is 27.2. The largest absolute Gasteiger partial charge is 0.339 e. The summed E-state index contributed by atoms with van der Waals surface area (Å²) >= 11 is 3.36. The van der Waals surface area contributed by atoms with Gasteiger partial charge in [0.2, 0.25) is 0 Å². The van der Waals surface area contributed by atoms with Crippen molar-refractivity contribution in [2.45, 2.75) is 23.6 Å². The fourth-order valence-electron chi connectivity index (χ4n) is 13.9. The van der Waals surface area contributed by atoms with Gasteiger partial charge in [-0.25, -0.2) is 28.7 Å². The summed E-state index contributed by atoms with van der Waals surface area (Å²) in [7, 11) is 0. The third kappa shape index (κ3) is 11.9. The van der Waals surface area contributed by atoms with Crippen molar-refractivity contribution in [3.8, 4) is 56.6 Å². The number of allylic oxidation sites excluding steroid dienone is 2. The van der Waals surface area contributed by atoms with Crippen molar-refractivity contribution in [2.24, 2.45) is 9.98 Å². The number of amidine groups is 2. The Morgan fingerprint density at radius 1 is 0.392 bits per heavy atom. The normalized spacial score (nSPS) is 13.0. The van der Waals surface area contributed by atoms with Crippen LogP contribution in [0.15, 0.2) is 299 Å². The molecule has 0 unspecified atom stereocenters. The van der Waals surface area contributed by atoms with Gasteiger partial charge in [0, 0.05) is 112 Å². The molecule has 14 heteroatoms. The molecular weight excluding hydrogens is 1300 g/mol. The Morgan fingerprint density at radius 2 is 0.765 bits per heavy atom. The van der Waals surface area contributed by atoms with Crippen molar-refractivity contribution in [1.82, 2.24) is 9.97 Å². The molecule has 4 heterocycles. The molecule has 16 rings (SSSR count). The summed E-state index contributed by atoms with van der Waals surface area (Å²) in [4.78, 5) is 26.2. The SMILES string of the molecule is CSc1ccc(N(c2ccc(-c3ccc(N=C4Nc5ccc(-c6ccccc6F)c6cccc4c56)nc3)cc2)c2ccc(/C(C#N)=C(\C#N)c3ccc(N(c4ccc(SC)cc4)c4ccc(-c5ccc(N=C6Nc7ccc(-c8ccccc8F)c8cccc6c78)nc5)cc4)c(C)c3)cc2C)cc1. The lowest BCUT2D eigenvalue weighted by Gasteiger charge is -2.28. The van der Waals surface area contributed by atoms with Crippen LogP contribution in [0.25, 0.3) is 77.2 Å². The van der Waals surface area contributed by atoms with Gasteiger partial charge in [-0.15, -0.1) is 23.5 Å². The molecule has 0 saturated heterocycles. The van der Waals surface area contributed by atoms with Crippen molar-refractivity contribution in [2.75, 3.05) is 32.9 Å². The summed E-state index contributed by atoms with van der Waals surface area (Å²) in [6.07, 6.45) is 7.79. The molecule has 0 atom stereocenters. The van der Waals surface area contributed by atoms with E-state index in [9.17, 15) is 10.5 Å². The van der Waals surface area contributed by atoms with Crippen LogP contribution in [0.5, 0.6) is 0 Å². The number of nitriles is 2. The van der Waals surface area contributed by atoms with Crippen molar-refractivity contribution >= 4 is 125 Å². The summed E-state index contributed by atoms with van der Waals surface area (Å²) in [5.74, 6) is 1.92. The molecule has 12 aromatic carbocycles. The Kier molecular flexibility index (Phi) is 17.1. The maximum absolute atomic E-state index is 15.0. The lowest BCUT2D eigenvalue weighted by molar-refractivity contribution is 0.631. The summed E-state index contributed by atoms with van der Waals surface area (Å²) in [6, 6.07) is 91.9. The Morgan fingerprint density at radius 3 is 1.12 bits per heavy atom. The van der Waals surface area contributed by atoms with Gasteiger partial charge < -0.3 is 20.4 Å². The Balaban J connectivity index is 0.651. The van der Waals surface area contributed by atoms with Crippen LogP contribution in [0.4, 0.5) is 65.9 Å². The van der Waals surface area contributed by atoms with Gasteiger partial charge in [0.1, 0.15) is 35.4 Å². The zero-order valence-electron chi connectivity index (χ0n) is 55.7. The van der Waals surface area contributed by atoms with Gasteiger partial charge in [-0.2, -0.15) is 10.5 Å². The molecule has 0 saturated carbocycles. The number of hydrogen-bond acceptors (Lipinski definition) is 10. The standard InChI is InChI=1S/C88H60F2N10S2/c1-53-47-57(23-43-81(53)99(63-31-35-65(101-3)36-32-63)61-27-19-55(20-28-61)59-25-45-83(93-51-59)97-87-73-15-9-13-71-67(39-41-79(95-87)85(71)73)69-11-5-7-17-77(69)89)75(49-91)76(50-92)58-24-44-82(54(2)48-58)100(64-33-37-66(102-4)38-34-64)62-29-21-56(22-30-62)60-26-46-84(94-52-60)98-88-74-16-10-14-72-68(40-42-80(96-88)86(72)74)70-12-6-8-18-78(70)90/h5-48,51-52H,1-4H3,(H,93,95,97)(H,94,96,98)/b76-75+. The maximum atomic E-state index is 15.0. The predicted molar refractivity (Wildman–Crippen MR) is 418 cm³/mol. The quantitative estimate of drug-likeness (QED) is 0.0548. The molecule has 0 fully saturated rings. The molecule has 2 aromatic heterocycles. The number of anilines is 8. The van der Waals surface area contributed by atoms with Crippen LogP contribution >= 0.6 is 23.5 Å². The van der Waals surface area contributed by atoms with Gasteiger partial charge in [0.05, 0.1) is 11.1 Å². The zero-order chi connectivity index (χ0) is 69.5. The summed E-state index contributed by atoms with van der Waals surface area (Å²) in [6.45, 7) is 4.07. The molecule has 10 nitrogen and oxygen atoms in total. The van der Waals surface area contributed by atoms with Gasteiger partial charge in [-0.1, -0.05) is 121 Å². The third-order valence-electron chi connectivity index (χ3n) is 18.9. The average molecular weight is 1360 g/mol. The Bertz CT molecular complexity index is 5480. The van der Waals surface area contributed by atoms with Crippen LogP contribution in [0.2, 0.25) is 0 Å². The van der Waals surface area contributed by atoms with Crippen molar-refractivity contribution in [3.05, 3.63) is 324 Å². The summed E-state index contributed by atoms with van der Waals surface area (Å²) < 4.78 is 30.0. The van der Waals surface area contributed by atoms with Gasteiger partial charge >= 0.3 is 0 Å². The van der Waals surface area contributed by atoms with Crippen LogP contribution in [0.3, 0.4) is 0 Å². The highest BCUT2D eigenvalue weighted by atomic mass is 32.2. The molecular formula is C88H60F2N10S2. The first-order valence-corrected chi connectivity index (χ1v) is 35.6. The van der Waals surface area contributed by atoms with Gasteiger partial charge in [-0.05, 0) is 227 Å². The van der Waals surface area contributed by atoms with Crippen molar-refractivity contribution < 1.29 is 8.78 Å². The maximum Gasteiger partial charge on any atom is 0.154 e. The number of aryl methyl sites for hydroxylation is 2. The van der Waals surface area contributed by atoms with Crippen LogP contribution < -0.4 is 20.4 Å². The van der Waals surface area contributed by atoms with E-state index in [4.69, 9.17) is 20.0 Å². The molecule has 0 spiro atoms. The average Bonchev–Trinajstić information content (AvgIpc) is 1.62. The number of hydrogen-bond donors (Lipinski definition) is 2. The number of thioether (sulfide) groups is 2.